The zero-order valence-corrected chi connectivity index (χ0v) is 18.7. The zero-order chi connectivity index (χ0) is 23.0. The fourth-order valence-electron chi connectivity index (χ4n) is 3.40. The quantitative estimate of drug-likeness (QED) is 0.290. The van der Waals surface area contributed by atoms with E-state index in [2.05, 4.69) is 32.6 Å². The molecule has 2 N–H and O–H groups in total. The molecule has 4 aromatic rings. The molecular formula is C26H26N4O3. The van der Waals surface area contributed by atoms with E-state index in [-0.39, 0.29) is 5.91 Å². The second-order valence-corrected chi connectivity index (χ2v) is 7.54. The number of imidazole rings is 1. The average molecular weight is 443 g/mol. The van der Waals surface area contributed by atoms with Gasteiger partial charge in [0.1, 0.15) is 5.82 Å². The first-order valence-corrected chi connectivity index (χ1v) is 10.8. The van der Waals surface area contributed by atoms with Crippen LogP contribution in [-0.2, 0) is 6.42 Å². The molecule has 3 aromatic carbocycles. The molecule has 1 heterocycles. The molecule has 0 bridgehead atoms. The number of H-pyrrole nitrogens is 1. The minimum atomic E-state index is -0.303. The Balaban J connectivity index is 1.41. The number of hydrogen-bond acceptors (Lipinski definition) is 5. The highest BCUT2D eigenvalue weighted by Gasteiger charge is 2.09. The van der Waals surface area contributed by atoms with Crippen molar-refractivity contribution >= 4 is 23.2 Å². The van der Waals surface area contributed by atoms with Crippen LogP contribution in [0.3, 0.4) is 0 Å². The lowest BCUT2D eigenvalue weighted by Crippen LogP contribution is -2.17. The molecule has 0 radical (unpaired) electrons. The predicted molar refractivity (Wildman–Crippen MR) is 129 cm³/mol. The number of carbonyl (C=O) groups excluding carboxylic acids is 1. The number of methoxy groups -OCH3 is 1. The summed E-state index contributed by atoms with van der Waals surface area (Å²) in [4.78, 5) is 20.5. The Kier molecular flexibility index (Phi) is 6.99. The molecule has 0 saturated heterocycles. The smallest absolute Gasteiger partial charge is 0.271 e. The second-order valence-electron chi connectivity index (χ2n) is 7.54. The lowest BCUT2D eigenvalue weighted by molar-refractivity contribution is 0.0955. The van der Waals surface area contributed by atoms with Gasteiger partial charge in [0.25, 0.3) is 5.91 Å². The van der Waals surface area contributed by atoms with Crippen LogP contribution in [0.2, 0.25) is 0 Å². The molecule has 0 unspecified atom stereocenters. The minimum absolute atomic E-state index is 0.303. The maximum atomic E-state index is 12.6. The van der Waals surface area contributed by atoms with Crippen LogP contribution in [0.5, 0.6) is 11.5 Å². The molecule has 1 aromatic heterocycles. The molecule has 0 aliphatic carbocycles. The molecule has 33 heavy (non-hydrogen) atoms. The fraction of sp³-hybridized carbons (Fsp3) is 0.192. The summed E-state index contributed by atoms with van der Waals surface area (Å²) in [6.45, 7) is 2.66. The van der Waals surface area contributed by atoms with Gasteiger partial charge in [0.05, 0.1) is 31.0 Å². The summed E-state index contributed by atoms with van der Waals surface area (Å²) in [5, 5.41) is 4.08. The van der Waals surface area contributed by atoms with Crippen molar-refractivity contribution in [1.29, 1.82) is 0 Å². The number of hydrazone groups is 1. The molecule has 7 heteroatoms. The molecule has 0 aliphatic rings. The van der Waals surface area contributed by atoms with E-state index in [1.54, 1.807) is 25.5 Å². The minimum Gasteiger partial charge on any atom is -0.493 e. The number of nitrogens with one attached hydrogen (secondary N) is 2. The first-order valence-electron chi connectivity index (χ1n) is 10.8. The van der Waals surface area contributed by atoms with Gasteiger partial charge in [0, 0.05) is 12.0 Å². The third-order valence-corrected chi connectivity index (χ3v) is 5.04. The van der Waals surface area contributed by atoms with Crippen molar-refractivity contribution in [2.75, 3.05) is 13.7 Å². The molecular weight excluding hydrogens is 416 g/mol. The van der Waals surface area contributed by atoms with Gasteiger partial charge in [-0.3, -0.25) is 4.79 Å². The van der Waals surface area contributed by atoms with E-state index in [0.29, 0.717) is 30.1 Å². The average Bonchev–Trinajstić information content (AvgIpc) is 3.25. The van der Waals surface area contributed by atoms with E-state index >= 15 is 0 Å². The summed E-state index contributed by atoms with van der Waals surface area (Å²) in [5.41, 5.74) is 6.65. The van der Waals surface area contributed by atoms with Crippen molar-refractivity contribution in [3.63, 3.8) is 0 Å². The number of ether oxygens (including phenoxy) is 2. The third-order valence-electron chi connectivity index (χ3n) is 5.04. The van der Waals surface area contributed by atoms with Crippen molar-refractivity contribution in [2.24, 2.45) is 5.10 Å². The molecule has 7 nitrogen and oxygen atoms in total. The summed E-state index contributed by atoms with van der Waals surface area (Å²) in [6, 6.07) is 21.0. The molecule has 0 saturated carbocycles. The van der Waals surface area contributed by atoms with Gasteiger partial charge in [0.15, 0.2) is 11.5 Å². The normalized spacial score (nSPS) is 11.1. The number of carbonyl (C=O) groups is 1. The van der Waals surface area contributed by atoms with Crippen molar-refractivity contribution in [3.8, 4) is 11.5 Å². The number of aromatic nitrogens is 2. The van der Waals surface area contributed by atoms with E-state index in [9.17, 15) is 4.79 Å². The number of benzene rings is 3. The van der Waals surface area contributed by atoms with Crippen LogP contribution in [0.25, 0.3) is 11.0 Å². The zero-order valence-electron chi connectivity index (χ0n) is 18.7. The fourth-order valence-corrected chi connectivity index (χ4v) is 3.40. The van der Waals surface area contributed by atoms with Crippen LogP contribution in [-0.4, -0.2) is 35.8 Å². The molecule has 1 amide bonds. The summed E-state index contributed by atoms with van der Waals surface area (Å²) < 4.78 is 11.0. The molecule has 0 aliphatic heterocycles. The van der Waals surface area contributed by atoms with Crippen LogP contribution in [0, 0.1) is 0 Å². The van der Waals surface area contributed by atoms with Crippen molar-refractivity contribution in [2.45, 2.75) is 19.8 Å². The Bertz CT molecular complexity index is 1270. The van der Waals surface area contributed by atoms with E-state index in [1.807, 2.05) is 49.4 Å². The monoisotopic (exact) mass is 442 g/mol. The number of aromatic amines is 1. The SMILES string of the molecule is CCCOc1ccc(/C=N\NC(=O)c2ccc3nc(Cc4ccccc4)[nH]c3c2)cc1OC. The Labute approximate surface area is 192 Å². The Morgan fingerprint density at radius 1 is 1.09 bits per heavy atom. The molecule has 0 atom stereocenters. The standard InChI is InChI=1S/C26H26N4O3/c1-3-13-33-23-12-9-19(14-24(23)32-2)17-27-30-26(31)20-10-11-21-22(16-20)29-25(28-21)15-18-7-5-4-6-8-18/h4-12,14,16-17H,3,13,15H2,1-2H3,(H,28,29)(H,30,31)/b27-17-. The summed E-state index contributed by atoms with van der Waals surface area (Å²) in [7, 11) is 1.59. The van der Waals surface area contributed by atoms with Gasteiger partial charge in [-0.05, 0) is 53.9 Å². The molecule has 4 rings (SSSR count). The molecule has 0 fully saturated rings. The van der Waals surface area contributed by atoms with Gasteiger partial charge in [-0.15, -0.1) is 0 Å². The third kappa shape index (κ3) is 5.57. The maximum Gasteiger partial charge on any atom is 0.271 e. The van der Waals surface area contributed by atoms with Gasteiger partial charge in [-0.1, -0.05) is 37.3 Å². The summed E-state index contributed by atoms with van der Waals surface area (Å²) in [5.74, 6) is 1.85. The number of amides is 1. The van der Waals surface area contributed by atoms with Gasteiger partial charge in [-0.2, -0.15) is 5.10 Å². The molecule has 168 valence electrons. The van der Waals surface area contributed by atoms with Crippen LogP contribution in [0.15, 0.2) is 71.8 Å². The number of fused-ring (bicyclic) bond motifs is 1. The van der Waals surface area contributed by atoms with Crippen LogP contribution < -0.4 is 14.9 Å². The van der Waals surface area contributed by atoms with Crippen molar-refractivity contribution in [3.05, 3.63) is 89.2 Å². The van der Waals surface area contributed by atoms with Gasteiger partial charge >= 0.3 is 0 Å². The lowest BCUT2D eigenvalue weighted by Gasteiger charge is -2.10. The van der Waals surface area contributed by atoms with E-state index in [0.717, 1.165) is 28.8 Å². The van der Waals surface area contributed by atoms with Gasteiger partial charge in [-0.25, -0.2) is 10.4 Å². The van der Waals surface area contributed by atoms with E-state index < -0.39 is 0 Å². The Morgan fingerprint density at radius 2 is 1.94 bits per heavy atom. The summed E-state index contributed by atoms with van der Waals surface area (Å²) >= 11 is 0. The highest BCUT2D eigenvalue weighted by molar-refractivity contribution is 5.97. The van der Waals surface area contributed by atoms with Crippen LogP contribution >= 0.6 is 0 Å². The molecule has 0 spiro atoms. The van der Waals surface area contributed by atoms with Crippen LogP contribution in [0.4, 0.5) is 0 Å². The van der Waals surface area contributed by atoms with E-state index in [1.165, 1.54) is 5.56 Å². The topological polar surface area (TPSA) is 88.6 Å². The lowest BCUT2D eigenvalue weighted by atomic mass is 10.1. The van der Waals surface area contributed by atoms with Crippen LogP contribution in [0.1, 0.15) is 40.7 Å². The Hall–Kier alpha value is -4.13. The van der Waals surface area contributed by atoms with Crippen molar-refractivity contribution < 1.29 is 14.3 Å². The summed E-state index contributed by atoms with van der Waals surface area (Å²) in [6.07, 6.45) is 3.18. The number of nitrogens with zero attached hydrogens (tertiary/aromatic N) is 2. The van der Waals surface area contributed by atoms with Gasteiger partial charge < -0.3 is 14.5 Å². The first-order chi connectivity index (χ1) is 16.2. The van der Waals surface area contributed by atoms with Gasteiger partial charge in [0.2, 0.25) is 0 Å². The number of rotatable bonds is 9. The predicted octanol–water partition coefficient (Wildman–Crippen LogP) is 4.72. The Morgan fingerprint density at radius 3 is 2.73 bits per heavy atom. The highest BCUT2D eigenvalue weighted by Crippen LogP contribution is 2.27. The van der Waals surface area contributed by atoms with E-state index in [4.69, 9.17) is 9.47 Å². The first kappa shape index (κ1) is 22.1. The highest BCUT2D eigenvalue weighted by atomic mass is 16.5. The number of hydrogen-bond donors (Lipinski definition) is 2. The second kappa shape index (κ2) is 10.5. The largest absolute Gasteiger partial charge is 0.493 e. The maximum absolute atomic E-state index is 12.6. The van der Waals surface area contributed by atoms with Crippen molar-refractivity contribution in [1.82, 2.24) is 15.4 Å².